The molecule has 0 saturated carbocycles. The first-order valence-corrected chi connectivity index (χ1v) is 6.16. The molecule has 0 atom stereocenters. The summed E-state index contributed by atoms with van der Waals surface area (Å²) in [6.45, 7) is 1.84. The van der Waals surface area contributed by atoms with Gasteiger partial charge in [0.05, 0.1) is 12.7 Å². The second kappa shape index (κ2) is 6.19. The van der Waals surface area contributed by atoms with E-state index in [0.29, 0.717) is 11.1 Å². The Labute approximate surface area is 117 Å². The highest BCUT2D eigenvalue weighted by Crippen LogP contribution is 2.15. The molecule has 2 aromatic carbocycles. The van der Waals surface area contributed by atoms with Gasteiger partial charge >= 0.3 is 5.97 Å². The lowest BCUT2D eigenvalue weighted by molar-refractivity contribution is 0.0472. The van der Waals surface area contributed by atoms with Crippen molar-refractivity contribution in [2.24, 2.45) is 0 Å². The number of esters is 1. The molecule has 2 aromatic rings. The SMILES string of the molecule is COc1ccc(COC(=O)c2ccc(F)cc2C)cc1. The average molecular weight is 274 g/mol. The molecule has 0 fully saturated rings. The lowest BCUT2D eigenvalue weighted by Gasteiger charge is -2.08. The molecular weight excluding hydrogens is 259 g/mol. The van der Waals surface area contributed by atoms with Crippen molar-refractivity contribution in [3.8, 4) is 5.75 Å². The van der Waals surface area contributed by atoms with Crippen molar-refractivity contribution in [2.45, 2.75) is 13.5 Å². The van der Waals surface area contributed by atoms with Crippen molar-refractivity contribution in [3.63, 3.8) is 0 Å². The molecule has 0 heterocycles. The second-order valence-electron chi connectivity index (χ2n) is 4.38. The van der Waals surface area contributed by atoms with Gasteiger partial charge < -0.3 is 9.47 Å². The number of carbonyl (C=O) groups excluding carboxylic acids is 1. The van der Waals surface area contributed by atoms with Gasteiger partial charge in [0.2, 0.25) is 0 Å². The summed E-state index contributed by atoms with van der Waals surface area (Å²) >= 11 is 0. The summed E-state index contributed by atoms with van der Waals surface area (Å²) in [5.41, 5.74) is 1.79. The van der Waals surface area contributed by atoms with Gasteiger partial charge in [-0.05, 0) is 48.4 Å². The monoisotopic (exact) mass is 274 g/mol. The molecule has 0 aliphatic rings. The Hall–Kier alpha value is -2.36. The summed E-state index contributed by atoms with van der Waals surface area (Å²) < 4.78 is 23.2. The Kier molecular flexibility index (Phi) is 4.35. The van der Waals surface area contributed by atoms with E-state index in [1.54, 1.807) is 26.2 Å². The molecule has 0 aromatic heterocycles. The minimum absolute atomic E-state index is 0.166. The van der Waals surface area contributed by atoms with Crippen molar-refractivity contribution < 1.29 is 18.7 Å². The normalized spacial score (nSPS) is 10.2. The molecule has 0 spiro atoms. The van der Waals surface area contributed by atoms with Gasteiger partial charge in [-0.15, -0.1) is 0 Å². The molecule has 0 radical (unpaired) electrons. The average Bonchev–Trinajstić information content (AvgIpc) is 2.45. The first kappa shape index (κ1) is 14.1. The van der Waals surface area contributed by atoms with Crippen molar-refractivity contribution in [3.05, 3.63) is 65.0 Å². The van der Waals surface area contributed by atoms with Gasteiger partial charge in [0.25, 0.3) is 0 Å². The molecule has 2 rings (SSSR count). The van der Waals surface area contributed by atoms with Crippen LogP contribution in [-0.4, -0.2) is 13.1 Å². The van der Waals surface area contributed by atoms with Gasteiger partial charge in [0.1, 0.15) is 18.2 Å². The molecule has 4 heteroatoms. The number of hydrogen-bond acceptors (Lipinski definition) is 3. The zero-order chi connectivity index (χ0) is 14.5. The molecule has 3 nitrogen and oxygen atoms in total. The van der Waals surface area contributed by atoms with Gasteiger partial charge in [-0.2, -0.15) is 0 Å². The van der Waals surface area contributed by atoms with Crippen LogP contribution in [0.2, 0.25) is 0 Å². The molecule has 0 bridgehead atoms. The van der Waals surface area contributed by atoms with E-state index in [-0.39, 0.29) is 12.4 Å². The summed E-state index contributed by atoms with van der Waals surface area (Å²) in [4.78, 5) is 11.9. The minimum Gasteiger partial charge on any atom is -0.497 e. The molecule has 20 heavy (non-hydrogen) atoms. The fourth-order valence-electron chi connectivity index (χ4n) is 1.80. The molecule has 0 aliphatic heterocycles. The van der Waals surface area contributed by atoms with Crippen LogP contribution in [0, 0.1) is 12.7 Å². The number of carbonyl (C=O) groups is 1. The summed E-state index contributed by atoms with van der Waals surface area (Å²) in [6.07, 6.45) is 0. The largest absolute Gasteiger partial charge is 0.497 e. The van der Waals surface area contributed by atoms with Crippen LogP contribution in [0.1, 0.15) is 21.5 Å². The maximum atomic E-state index is 13.0. The third-order valence-corrected chi connectivity index (χ3v) is 2.94. The zero-order valence-electron chi connectivity index (χ0n) is 11.4. The molecule has 104 valence electrons. The first-order chi connectivity index (χ1) is 9.60. The van der Waals surface area contributed by atoms with Crippen LogP contribution in [0.5, 0.6) is 5.75 Å². The van der Waals surface area contributed by atoms with E-state index in [0.717, 1.165) is 11.3 Å². The highest BCUT2D eigenvalue weighted by Gasteiger charge is 2.11. The van der Waals surface area contributed by atoms with Crippen LogP contribution in [0.3, 0.4) is 0 Å². The maximum Gasteiger partial charge on any atom is 0.338 e. The number of ether oxygens (including phenoxy) is 2. The van der Waals surface area contributed by atoms with Crippen molar-refractivity contribution >= 4 is 5.97 Å². The number of methoxy groups -OCH3 is 1. The standard InChI is InChI=1S/C16H15FO3/c1-11-9-13(17)5-8-15(11)16(18)20-10-12-3-6-14(19-2)7-4-12/h3-9H,10H2,1-2H3. The summed E-state index contributed by atoms with van der Waals surface area (Å²) in [5, 5.41) is 0. The lowest BCUT2D eigenvalue weighted by Crippen LogP contribution is -2.07. The number of hydrogen-bond donors (Lipinski definition) is 0. The zero-order valence-corrected chi connectivity index (χ0v) is 11.4. The maximum absolute atomic E-state index is 13.0. The number of benzene rings is 2. The predicted octanol–water partition coefficient (Wildman–Crippen LogP) is 3.50. The van der Waals surface area contributed by atoms with E-state index in [9.17, 15) is 9.18 Å². The van der Waals surface area contributed by atoms with E-state index < -0.39 is 5.97 Å². The minimum atomic E-state index is -0.460. The molecule has 0 aliphatic carbocycles. The topological polar surface area (TPSA) is 35.5 Å². The van der Waals surface area contributed by atoms with Gasteiger partial charge in [-0.3, -0.25) is 0 Å². The molecule has 0 amide bonds. The first-order valence-electron chi connectivity index (χ1n) is 6.16. The summed E-state index contributed by atoms with van der Waals surface area (Å²) in [5.74, 6) is -0.0815. The number of aryl methyl sites for hydroxylation is 1. The van der Waals surface area contributed by atoms with Crippen LogP contribution in [0.25, 0.3) is 0 Å². The Bertz CT molecular complexity index is 606. The Morgan fingerprint density at radius 3 is 2.45 bits per heavy atom. The van der Waals surface area contributed by atoms with E-state index in [4.69, 9.17) is 9.47 Å². The van der Waals surface area contributed by atoms with E-state index >= 15 is 0 Å². The van der Waals surface area contributed by atoms with Crippen LogP contribution in [-0.2, 0) is 11.3 Å². The Balaban J connectivity index is 2.00. The fraction of sp³-hybridized carbons (Fsp3) is 0.188. The van der Waals surface area contributed by atoms with Crippen molar-refractivity contribution in [1.29, 1.82) is 0 Å². The van der Waals surface area contributed by atoms with Crippen molar-refractivity contribution in [2.75, 3.05) is 7.11 Å². The Morgan fingerprint density at radius 2 is 1.85 bits per heavy atom. The number of rotatable bonds is 4. The van der Waals surface area contributed by atoms with E-state index in [1.165, 1.54) is 18.2 Å². The van der Waals surface area contributed by atoms with Crippen molar-refractivity contribution in [1.82, 2.24) is 0 Å². The quantitative estimate of drug-likeness (QED) is 0.800. The highest BCUT2D eigenvalue weighted by atomic mass is 19.1. The smallest absolute Gasteiger partial charge is 0.338 e. The third kappa shape index (κ3) is 3.35. The summed E-state index contributed by atoms with van der Waals surface area (Å²) in [6, 6.07) is 11.2. The van der Waals surface area contributed by atoms with Crippen LogP contribution < -0.4 is 4.74 Å². The highest BCUT2D eigenvalue weighted by molar-refractivity contribution is 5.90. The van der Waals surface area contributed by atoms with Crippen LogP contribution in [0.4, 0.5) is 4.39 Å². The van der Waals surface area contributed by atoms with E-state index in [2.05, 4.69) is 0 Å². The molecule has 0 unspecified atom stereocenters. The van der Waals surface area contributed by atoms with Gasteiger partial charge in [-0.1, -0.05) is 12.1 Å². The second-order valence-corrected chi connectivity index (χ2v) is 4.38. The summed E-state index contributed by atoms with van der Waals surface area (Å²) in [7, 11) is 1.59. The number of halogens is 1. The van der Waals surface area contributed by atoms with Gasteiger partial charge in [-0.25, -0.2) is 9.18 Å². The Morgan fingerprint density at radius 1 is 1.15 bits per heavy atom. The fourth-order valence-corrected chi connectivity index (χ4v) is 1.80. The van der Waals surface area contributed by atoms with Crippen LogP contribution in [0.15, 0.2) is 42.5 Å². The molecule has 0 saturated heterocycles. The molecular formula is C16H15FO3. The van der Waals surface area contributed by atoms with Crippen LogP contribution >= 0.6 is 0 Å². The third-order valence-electron chi connectivity index (χ3n) is 2.94. The van der Waals surface area contributed by atoms with E-state index in [1.807, 2.05) is 12.1 Å². The predicted molar refractivity (Wildman–Crippen MR) is 73.3 cm³/mol. The molecule has 0 N–H and O–H groups in total. The lowest BCUT2D eigenvalue weighted by atomic mass is 10.1. The van der Waals surface area contributed by atoms with Gasteiger partial charge in [0.15, 0.2) is 0 Å². The van der Waals surface area contributed by atoms with Gasteiger partial charge in [0, 0.05) is 0 Å².